The third kappa shape index (κ3) is 4.78. The van der Waals surface area contributed by atoms with Gasteiger partial charge in [-0.25, -0.2) is 8.42 Å². The lowest BCUT2D eigenvalue weighted by Gasteiger charge is -2.37. The van der Waals surface area contributed by atoms with Gasteiger partial charge in [0.1, 0.15) is 0 Å². The first-order chi connectivity index (χ1) is 15.2. The van der Waals surface area contributed by atoms with Gasteiger partial charge in [0.15, 0.2) is 9.84 Å². The van der Waals surface area contributed by atoms with E-state index in [4.69, 9.17) is 0 Å². The highest BCUT2D eigenvalue weighted by Gasteiger charge is 2.30. The lowest BCUT2D eigenvalue weighted by molar-refractivity contribution is -0.134. The molecular formula is C23H27N3O4S2. The Morgan fingerprint density at radius 1 is 1.12 bits per heavy atom. The zero-order valence-corrected chi connectivity index (χ0v) is 19.8. The smallest absolute Gasteiger partial charge is 0.237 e. The van der Waals surface area contributed by atoms with Crippen LogP contribution in [0.25, 0.3) is 0 Å². The molecule has 170 valence electrons. The highest BCUT2D eigenvalue weighted by atomic mass is 32.2. The molecule has 2 aromatic carbocycles. The number of nitrogens with one attached hydrogen (secondary N) is 1. The number of thioether (sulfide) groups is 1. The highest BCUT2D eigenvalue weighted by molar-refractivity contribution is 8.01. The number of amides is 2. The van der Waals surface area contributed by atoms with E-state index in [1.807, 2.05) is 30.3 Å². The van der Waals surface area contributed by atoms with Crippen LogP contribution >= 0.6 is 11.8 Å². The average Bonchev–Trinajstić information content (AvgIpc) is 2.79. The number of para-hydroxylation sites is 1. The van der Waals surface area contributed by atoms with E-state index in [1.165, 1.54) is 17.8 Å². The lowest BCUT2D eigenvalue weighted by Crippen LogP contribution is -2.50. The molecule has 0 aliphatic carbocycles. The van der Waals surface area contributed by atoms with Crippen LogP contribution in [0.2, 0.25) is 0 Å². The van der Waals surface area contributed by atoms with Gasteiger partial charge in [-0.3, -0.25) is 9.59 Å². The number of hydrogen-bond donors (Lipinski definition) is 1. The number of carbonyl (C=O) groups is 2. The molecule has 7 nitrogen and oxygen atoms in total. The van der Waals surface area contributed by atoms with Crippen molar-refractivity contribution in [2.45, 2.75) is 28.9 Å². The van der Waals surface area contributed by atoms with Crippen molar-refractivity contribution in [2.24, 2.45) is 5.92 Å². The molecule has 2 atom stereocenters. The first-order valence-electron chi connectivity index (χ1n) is 10.7. The number of hydrogen-bond acceptors (Lipinski definition) is 6. The van der Waals surface area contributed by atoms with Crippen molar-refractivity contribution in [3.05, 3.63) is 48.5 Å². The van der Waals surface area contributed by atoms with Crippen LogP contribution in [0.15, 0.2) is 58.3 Å². The van der Waals surface area contributed by atoms with Crippen molar-refractivity contribution < 1.29 is 18.0 Å². The van der Waals surface area contributed by atoms with Gasteiger partial charge in [-0.1, -0.05) is 25.1 Å². The van der Waals surface area contributed by atoms with Crippen LogP contribution in [0.3, 0.4) is 0 Å². The molecule has 2 amide bonds. The zero-order chi connectivity index (χ0) is 22.9. The van der Waals surface area contributed by atoms with Gasteiger partial charge in [-0.15, -0.1) is 11.8 Å². The van der Waals surface area contributed by atoms with E-state index >= 15 is 0 Å². The Bertz CT molecular complexity index is 1110. The molecule has 4 rings (SSSR count). The Morgan fingerprint density at radius 3 is 2.50 bits per heavy atom. The number of benzene rings is 2. The largest absolute Gasteiger partial charge is 0.368 e. The normalized spacial score (nSPS) is 19.8. The molecule has 0 saturated carbocycles. The number of piperazine rings is 1. The summed E-state index contributed by atoms with van der Waals surface area (Å²) in [4.78, 5) is 29.8. The van der Waals surface area contributed by atoms with Gasteiger partial charge in [-0.2, -0.15) is 0 Å². The van der Waals surface area contributed by atoms with E-state index in [9.17, 15) is 18.0 Å². The molecule has 2 heterocycles. The van der Waals surface area contributed by atoms with Crippen LogP contribution in [0.1, 0.15) is 13.8 Å². The molecule has 2 aliphatic rings. The molecule has 0 radical (unpaired) electrons. The minimum Gasteiger partial charge on any atom is -0.368 e. The molecule has 1 N–H and O–H groups in total. The maximum Gasteiger partial charge on any atom is 0.237 e. The standard InChI is InChI=1S/C23H27N3O4S2/c1-16(23(28)26-12-10-25(11-13-26)18-6-4-3-5-7-18)15-32(29,30)19-8-9-21-20(14-19)24-22(27)17(2)31-21/h3-9,14,16-17H,10-13,15H2,1-2H3,(H,24,27)/t16-,17+/m1/s1. The fourth-order valence-electron chi connectivity index (χ4n) is 4.01. The molecule has 1 fully saturated rings. The van der Waals surface area contributed by atoms with Crippen molar-refractivity contribution in [3.63, 3.8) is 0 Å². The van der Waals surface area contributed by atoms with Crippen LogP contribution in [0.5, 0.6) is 0 Å². The van der Waals surface area contributed by atoms with Gasteiger partial charge in [-0.05, 0) is 37.3 Å². The lowest BCUT2D eigenvalue weighted by atomic mass is 10.1. The SMILES string of the molecule is C[C@H](CS(=O)(=O)c1ccc2c(c1)NC(=O)[C@H](C)S2)C(=O)N1CCN(c2ccccc2)CC1. The first kappa shape index (κ1) is 22.7. The fourth-order valence-corrected chi connectivity index (χ4v) is 6.51. The topological polar surface area (TPSA) is 86.8 Å². The molecule has 9 heteroatoms. The van der Waals surface area contributed by atoms with Crippen molar-refractivity contribution >= 4 is 44.8 Å². The first-order valence-corrected chi connectivity index (χ1v) is 13.2. The van der Waals surface area contributed by atoms with E-state index < -0.39 is 15.8 Å². The van der Waals surface area contributed by atoms with Crippen LogP contribution in [0, 0.1) is 5.92 Å². The van der Waals surface area contributed by atoms with Crippen LogP contribution < -0.4 is 10.2 Å². The number of nitrogens with zero attached hydrogens (tertiary/aromatic N) is 2. The van der Waals surface area contributed by atoms with E-state index in [1.54, 1.807) is 30.9 Å². The summed E-state index contributed by atoms with van der Waals surface area (Å²) in [5.41, 5.74) is 1.64. The molecule has 0 unspecified atom stereocenters. The van der Waals surface area contributed by atoms with Gasteiger partial charge in [0, 0.05) is 42.7 Å². The molecular weight excluding hydrogens is 446 g/mol. The summed E-state index contributed by atoms with van der Waals surface area (Å²) in [6.07, 6.45) is 0. The maximum absolute atomic E-state index is 13.0. The van der Waals surface area contributed by atoms with Gasteiger partial charge < -0.3 is 15.1 Å². The number of sulfone groups is 1. The summed E-state index contributed by atoms with van der Waals surface area (Å²) >= 11 is 1.40. The monoisotopic (exact) mass is 473 g/mol. The van der Waals surface area contributed by atoms with E-state index in [0.717, 1.165) is 23.7 Å². The Kier molecular flexibility index (Phi) is 6.48. The van der Waals surface area contributed by atoms with E-state index in [0.29, 0.717) is 18.8 Å². The third-order valence-corrected chi connectivity index (χ3v) is 8.93. The molecule has 1 saturated heterocycles. The fraction of sp³-hybridized carbons (Fsp3) is 0.391. The number of carbonyl (C=O) groups excluding carboxylic acids is 2. The Hall–Kier alpha value is -2.52. The van der Waals surface area contributed by atoms with Gasteiger partial charge in [0.2, 0.25) is 11.8 Å². The number of anilines is 2. The molecule has 0 spiro atoms. The number of rotatable bonds is 5. The minimum absolute atomic E-state index is 0.125. The van der Waals surface area contributed by atoms with Crippen LogP contribution in [-0.4, -0.2) is 62.3 Å². The third-order valence-electron chi connectivity index (χ3n) is 5.84. The molecule has 32 heavy (non-hydrogen) atoms. The Morgan fingerprint density at radius 2 is 1.81 bits per heavy atom. The predicted molar refractivity (Wildman–Crippen MR) is 127 cm³/mol. The Balaban J connectivity index is 1.39. The van der Waals surface area contributed by atoms with Crippen LogP contribution in [-0.2, 0) is 19.4 Å². The second-order valence-electron chi connectivity index (χ2n) is 8.24. The van der Waals surface area contributed by atoms with Crippen molar-refractivity contribution in [2.75, 3.05) is 42.1 Å². The van der Waals surface area contributed by atoms with Gasteiger partial charge in [0.25, 0.3) is 0 Å². The summed E-state index contributed by atoms with van der Waals surface area (Å²) in [7, 11) is -3.68. The minimum atomic E-state index is -3.68. The summed E-state index contributed by atoms with van der Waals surface area (Å²) in [6.45, 7) is 6.05. The second-order valence-corrected chi connectivity index (χ2v) is 11.7. The molecule has 2 aliphatic heterocycles. The average molecular weight is 474 g/mol. The van der Waals surface area contributed by atoms with Gasteiger partial charge >= 0.3 is 0 Å². The van der Waals surface area contributed by atoms with Crippen molar-refractivity contribution in [1.82, 2.24) is 4.90 Å². The maximum atomic E-state index is 13.0. The van der Waals surface area contributed by atoms with E-state index in [2.05, 4.69) is 10.2 Å². The summed E-state index contributed by atoms with van der Waals surface area (Å²) in [5.74, 6) is -1.20. The second kappa shape index (κ2) is 9.15. The molecule has 2 aromatic rings. The quantitative estimate of drug-likeness (QED) is 0.719. The highest BCUT2D eigenvalue weighted by Crippen LogP contribution is 2.37. The van der Waals surface area contributed by atoms with E-state index in [-0.39, 0.29) is 27.7 Å². The van der Waals surface area contributed by atoms with Crippen LogP contribution in [0.4, 0.5) is 11.4 Å². The summed E-state index contributed by atoms with van der Waals surface area (Å²) in [5, 5.41) is 2.55. The van der Waals surface area contributed by atoms with Gasteiger partial charge in [0.05, 0.1) is 21.6 Å². The number of fused-ring (bicyclic) bond motifs is 1. The zero-order valence-electron chi connectivity index (χ0n) is 18.2. The summed E-state index contributed by atoms with van der Waals surface area (Å²) < 4.78 is 26.0. The predicted octanol–water partition coefficient (Wildman–Crippen LogP) is 2.88. The van der Waals surface area contributed by atoms with Crippen molar-refractivity contribution in [3.8, 4) is 0 Å². The Labute approximate surface area is 193 Å². The van der Waals surface area contributed by atoms with Crippen molar-refractivity contribution in [1.29, 1.82) is 0 Å². The molecule has 0 bridgehead atoms. The summed E-state index contributed by atoms with van der Waals surface area (Å²) in [6, 6.07) is 14.8. The molecule has 0 aromatic heterocycles.